The predicted molar refractivity (Wildman–Crippen MR) is 99.7 cm³/mol. The van der Waals surface area contributed by atoms with Gasteiger partial charge in [-0.3, -0.25) is 0 Å². The Morgan fingerprint density at radius 3 is 2.08 bits per heavy atom. The number of rotatable bonds is 2. The normalized spacial score (nSPS) is 27.2. The maximum atomic E-state index is 6.13. The van der Waals surface area contributed by atoms with Crippen molar-refractivity contribution in [3.63, 3.8) is 0 Å². The van der Waals surface area contributed by atoms with Crippen molar-refractivity contribution in [2.75, 3.05) is 6.61 Å². The molecule has 2 aliphatic heterocycles. The molecule has 1 fully saturated rings. The molecule has 2 nitrogen and oxygen atoms in total. The number of hydrogen-bond donors (Lipinski definition) is 1. The number of hydrogen-bond acceptors (Lipinski definition) is 2. The molecule has 2 heteroatoms. The Hall–Kier alpha value is -2.58. The first-order valence-corrected chi connectivity index (χ1v) is 8.99. The third-order valence-corrected chi connectivity index (χ3v) is 5.64. The van der Waals surface area contributed by atoms with E-state index in [1.807, 2.05) is 0 Å². The summed E-state index contributed by atoms with van der Waals surface area (Å²) in [4.78, 5) is 0. The third-order valence-electron chi connectivity index (χ3n) is 5.64. The average Bonchev–Trinajstić information content (AvgIpc) is 3.09. The maximum Gasteiger partial charge on any atom is 0.124 e. The Morgan fingerprint density at radius 2 is 1.32 bits per heavy atom. The fraction of sp³-hybridized carbons (Fsp3) is 0.217. The zero-order chi connectivity index (χ0) is 16.6. The summed E-state index contributed by atoms with van der Waals surface area (Å²) in [5.41, 5.74) is 4.03. The molecule has 2 aliphatic rings. The minimum absolute atomic E-state index is 0.299. The number of benzene rings is 3. The zero-order valence-electron chi connectivity index (χ0n) is 14.0. The SMILES string of the molecule is c1ccc([C@H]2[C@@H]3COc4ccccc4[C@H]3N[C@H]2c2ccccc2)cc1. The molecule has 2 heterocycles. The van der Waals surface area contributed by atoms with Crippen LogP contribution in [0.15, 0.2) is 84.9 Å². The molecule has 0 aromatic heterocycles. The second-order valence-corrected chi connectivity index (χ2v) is 6.98. The largest absolute Gasteiger partial charge is 0.493 e. The summed E-state index contributed by atoms with van der Waals surface area (Å²) in [5, 5.41) is 3.93. The molecular formula is C23H21NO. The quantitative estimate of drug-likeness (QED) is 0.725. The Morgan fingerprint density at radius 1 is 0.680 bits per heavy atom. The molecule has 0 bridgehead atoms. The monoisotopic (exact) mass is 327 g/mol. The lowest BCUT2D eigenvalue weighted by molar-refractivity contribution is 0.193. The molecule has 124 valence electrons. The molecule has 3 aromatic rings. The molecule has 0 aliphatic carbocycles. The Balaban J connectivity index is 1.62. The number of ether oxygens (including phenoxy) is 1. The van der Waals surface area contributed by atoms with Crippen LogP contribution in [-0.2, 0) is 0 Å². The second-order valence-electron chi connectivity index (χ2n) is 6.98. The Kier molecular flexibility index (Phi) is 3.57. The van der Waals surface area contributed by atoms with Crippen molar-refractivity contribution in [1.82, 2.24) is 5.32 Å². The van der Waals surface area contributed by atoms with E-state index < -0.39 is 0 Å². The van der Waals surface area contributed by atoms with Crippen LogP contribution in [0.4, 0.5) is 0 Å². The molecule has 0 amide bonds. The lowest BCUT2D eigenvalue weighted by atomic mass is 9.78. The second kappa shape index (κ2) is 6.05. The highest BCUT2D eigenvalue weighted by atomic mass is 16.5. The van der Waals surface area contributed by atoms with Crippen molar-refractivity contribution in [3.05, 3.63) is 102 Å². The highest BCUT2D eigenvalue weighted by molar-refractivity contribution is 5.42. The molecule has 1 N–H and O–H groups in total. The van der Waals surface area contributed by atoms with Gasteiger partial charge in [-0.15, -0.1) is 0 Å². The lowest BCUT2D eigenvalue weighted by Crippen LogP contribution is -2.28. The number of para-hydroxylation sites is 1. The highest BCUT2D eigenvalue weighted by Crippen LogP contribution is 2.52. The average molecular weight is 327 g/mol. The molecular weight excluding hydrogens is 306 g/mol. The van der Waals surface area contributed by atoms with Crippen molar-refractivity contribution in [3.8, 4) is 5.75 Å². The van der Waals surface area contributed by atoms with Crippen LogP contribution >= 0.6 is 0 Å². The molecule has 3 aromatic carbocycles. The fourth-order valence-electron chi connectivity index (χ4n) is 4.53. The van der Waals surface area contributed by atoms with Crippen molar-refractivity contribution >= 4 is 0 Å². The van der Waals surface area contributed by atoms with Gasteiger partial charge < -0.3 is 10.1 Å². The van der Waals surface area contributed by atoms with Crippen LogP contribution in [0.2, 0.25) is 0 Å². The van der Waals surface area contributed by atoms with E-state index in [1.54, 1.807) is 0 Å². The van der Waals surface area contributed by atoms with E-state index in [-0.39, 0.29) is 0 Å². The number of fused-ring (bicyclic) bond motifs is 3. The van der Waals surface area contributed by atoms with Gasteiger partial charge in [-0.1, -0.05) is 78.9 Å². The smallest absolute Gasteiger partial charge is 0.124 e. The molecule has 4 atom stereocenters. The van der Waals surface area contributed by atoms with Crippen molar-refractivity contribution in [2.45, 2.75) is 18.0 Å². The van der Waals surface area contributed by atoms with Crippen LogP contribution in [0.5, 0.6) is 5.75 Å². The molecule has 0 unspecified atom stereocenters. The number of nitrogens with one attached hydrogen (secondary N) is 1. The lowest BCUT2D eigenvalue weighted by Gasteiger charge is -2.31. The van der Waals surface area contributed by atoms with E-state index in [0.717, 1.165) is 12.4 Å². The van der Waals surface area contributed by atoms with Crippen LogP contribution < -0.4 is 10.1 Å². The summed E-state index contributed by atoms with van der Waals surface area (Å²) in [7, 11) is 0. The maximum absolute atomic E-state index is 6.13. The molecule has 1 saturated heterocycles. The van der Waals surface area contributed by atoms with Gasteiger partial charge in [-0.2, -0.15) is 0 Å². The van der Waals surface area contributed by atoms with E-state index in [9.17, 15) is 0 Å². The molecule has 0 saturated carbocycles. The summed E-state index contributed by atoms with van der Waals surface area (Å²) in [6.07, 6.45) is 0. The van der Waals surface area contributed by atoms with Gasteiger partial charge in [0.15, 0.2) is 0 Å². The first kappa shape index (κ1) is 14.7. The molecule has 0 spiro atoms. The van der Waals surface area contributed by atoms with E-state index in [1.165, 1.54) is 16.7 Å². The van der Waals surface area contributed by atoms with Gasteiger partial charge in [0.25, 0.3) is 0 Å². The summed E-state index contributed by atoms with van der Waals surface area (Å²) in [6.45, 7) is 0.761. The van der Waals surface area contributed by atoms with Crippen LogP contribution in [-0.4, -0.2) is 6.61 Å². The Bertz CT molecular complexity index is 862. The first-order chi connectivity index (χ1) is 12.4. The standard InChI is InChI=1S/C23H21NO/c1-3-9-16(10-4-1)21-19-15-25-20-14-8-7-13-18(20)23(19)24-22(21)17-11-5-2-6-12-17/h1-14,19,21-24H,15H2/t19-,21-,22-,23+/m0/s1. The summed E-state index contributed by atoms with van der Waals surface area (Å²) in [5.74, 6) is 1.86. The van der Waals surface area contributed by atoms with Crippen molar-refractivity contribution in [2.24, 2.45) is 5.92 Å². The van der Waals surface area contributed by atoms with Gasteiger partial charge >= 0.3 is 0 Å². The van der Waals surface area contributed by atoms with Crippen LogP contribution in [0.25, 0.3) is 0 Å². The predicted octanol–water partition coefficient (Wildman–Crippen LogP) is 4.86. The van der Waals surface area contributed by atoms with Crippen molar-refractivity contribution < 1.29 is 4.74 Å². The van der Waals surface area contributed by atoms with E-state index in [0.29, 0.717) is 23.9 Å². The summed E-state index contributed by atoms with van der Waals surface area (Å²) >= 11 is 0. The van der Waals surface area contributed by atoms with Gasteiger partial charge in [0, 0.05) is 29.5 Å². The highest BCUT2D eigenvalue weighted by Gasteiger charge is 2.47. The van der Waals surface area contributed by atoms with Crippen LogP contribution in [0, 0.1) is 5.92 Å². The summed E-state index contributed by atoms with van der Waals surface area (Å²) < 4.78 is 6.13. The first-order valence-electron chi connectivity index (χ1n) is 8.99. The van der Waals surface area contributed by atoms with E-state index >= 15 is 0 Å². The van der Waals surface area contributed by atoms with E-state index in [4.69, 9.17) is 4.74 Å². The minimum atomic E-state index is 0.299. The van der Waals surface area contributed by atoms with E-state index in [2.05, 4.69) is 90.2 Å². The van der Waals surface area contributed by atoms with Crippen molar-refractivity contribution in [1.29, 1.82) is 0 Å². The molecule has 5 rings (SSSR count). The van der Waals surface area contributed by atoms with Crippen LogP contribution in [0.1, 0.15) is 34.7 Å². The van der Waals surface area contributed by atoms with Gasteiger partial charge in [0.05, 0.1) is 6.61 Å². The summed E-state index contributed by atoms with van der Waals surface area (Å²) in [6, 6.07) is 30.8. The van der Waals surface area contributed by atoms with Gasteiger partial charge in [0.1, 0.15) is 5.75 Å². The molecule has 25 heavy (non-hydrogen) atoms. The minimum Gasteiger partial charge on any atom is -0.493 e. The van der Waals surface area contributed by atoms with Crippen LogP contribution in [0.3, 0.4) is 0 Å². The Labute approximate surface area is 148 Å². The fourth-order valence-corrected chi connectivity index (χ4v) is 4.53. The van der Waals surface area contributed by atoms with Gasteiger partial charge in [-0.25, -0.2) is 0 Å². The molecule has 0 radical (unpaired) electrons. The zero-order valence-corrected chi connectivity index (χ0v) is 14.0. The van der Waals surface area contributed by atoms with Gasteiger partial charge in [-0.05, 0) is 17.2 Å². The topological polar surface area (TPSA) is 21.3 Å². The van der Waals surface area contributed by atoms with Gasteiger partial charge in [0.2, 0.25) is 0 Å². The third kappa shape index (κ3) is 2.45.